The SMILES string of the molecule is COc1ccc(Nc2nncc(Nc3ccc(N4CCCCC4)cc3)n2)cc1. The molecular formula is C21H24N6O. The molecule has 0 atom stereocenters. The normalized spacial score (nSPS) is 13.8. The van der Waals surface area contributed by atoms with Crippen molar-refractivity contribution in [2.45, 2.75) is 19.3 Å². The lowest BCUT2D eigenvalue weighted by Crippen LogP contribution is -2.29. The first kappa shape index (κ1) is 18.0. The molecule has 2 heterocycles. The van der Waals surface area contributed by atoms with Crippen LogP contribution >= 0.6 is 0 Å². The zero-order chi connectivity index (χ0) is 19.2. The van der Waals surface area contributed by atoms with E-state index in [1.807, 2.05) is 24.3 Å². The predicted molar refractivity (Wildman–Crippen MR) is 112 cm³/mol. The van der Waals surface area contributed by atoms with Gasteiger partial charge in [-0.1, -0.05) is 0 Å². The number of hydrogen-bond acceptors (Lipinski definition) is 7. The lowest BCUT2D eigenvalue weighted by atomic mass is 10.1. The van der Waals surface area contributed by atoms with Gasteiger partial charge in [0.2, 0.25) is 5.95 Å². The van der Waals surface area contributed by atoms with Crippen LogP contribution in [-0.2, 0) is 0 Å². The molecule has 0 aliphatic carbocycles. The summed E-state index contributed by atoms with van der Waals surface area (Å²) in [5, 5.41) is 14.5. The minimum atomic E-state index is 0.431. The molecule has 28 heavy (non-hydrogen) atoms. The number of anilines is 5. The molecule has 0 bridgehead atoms. The van der Waals surface area contributed by atoms with Crippen LogP contribution in [0.5, 0.6) is 5.75 Å². The maximum absolute atomic E-state index is 5.17. The van der Waals surface area contributed by atoms with E-state index in [0.717, 1.165) is 30.2 Å². The topological polar surface area (TPSA) is 75.2 Å². The van der Waals surface area contributed by atoms with Gasteiger partial charge in [0.05, 0.1) is 13.3 Å². The molecule has 0 radical (unpaired) electrons. The average Bonchev–Trinajstić information content (AvgIpc) is 2.76. The summed E-state index contributed by atoms with van der Waals surface area (Å²) in [6, 6.07) is 16.0. The van der Waals surface area contributed by atoms with Crippen molar-refractivity contribution < 1.29 is 4.74 Å². The Balaban J connectivity index is 1.41. The highest BCUT2D eigenvalue weighted by Crippen LogP contribution is 2.23. The Morgan fingerprint density at radius 1 is 0.857 bits per heavy atom. The van der Waals surface area contributed by atoms with Gasteiger partial charge in [-0.2, -0.15) is 10.1 Å². The standard InChI is InChI=1S/C21H24N6O/c1-28-19-11-7-17(8-12-19)24-21-25-20(15-22-26-21)23-16-5-9-18(10-6-16)27-13-3-2-4-14-27/h5-12,15H,2-4,13-14H2,1H3,(H2,23,24,25,26). The molecule has 4 rings (SSSR count). The fourth-order valence-electron chi connectivity index (χ4n) is 3.28. The summed E-state index contributed by atoms with van der Waals surface area (Å²) in [6.07, 6.45) is 5.49. The first-order valence-electron chi connectivity index (χ1n) is 9.53. The molecule has 3 aromatic rings. The fraction of sp³-hybridized carbons (Fsp3) is 0.286. The van der Waals surface area contributed by atoms with Crippen molar-refractivity contribution >= 4 is 28.8 Å². The van der Waals surface area contributed by atoms with Gasteiger partial charge in [-0.25, -0.2) is 0 Å². The first-order chi connectivity index (χ1) is 13.8. The Bertz CT molecular complexity index is 892. The molecule has 2 aromatic carbocycles. The van der Waals surface area contributed by atoms with Gasteiger partial charge in [-0.3, -0.25) is 0 Å². The largest absolute Gasteiger partial charge is 0.497 e. The van der Waals surface area contributed by atoms with E-state index >= 15 is 0 Å². The molecule has 144 valence electrons. The Labute approximate surface area is 164 Å². The molecule has 1 aliphatic heterocycles. The predicted octanol–water partition coefficient (Wildman–Crippen LogP) is 4.36. The summed E-state index contributed by atoms with van der Waals surface area (Å²) in [5.41, 5.74) is 3.11. The van der Waals surface area contributed by atoms with E-state index in [1.165, 1.54) is 24.9 Å². The van der Waals surface area contributed by atoms with Crippen LogP contribution < -0.4 is 20.3 Å². The fourth-order valence-corrected chi connectivity index (χ4v) is 3.28. The lowest BCUT2D eigenvalue weighted by Gasteiger charge is -2.28. The van der Waals surface area contributed by atoms with Gasteiger partial charge in [-0.05, 0) is 67.8 Å². The number of ether oxygens (including phenoxy) is 1. The van der Waals surface area contributed by atoms with Crippen molar-refractivity contribution in [3.05, 3.63) is 54.7 Å². The molecule has 1 fully saturated rings. The van der Waals surface area contributed by atoms with Gasteiger partial charge in [0.15, 0.2) is 5.82 Å². The number of hydrogen-bond donors (Lipinski definition) is 2. The Morgan fingerprint density at radius 3 is 2.25 bits per heavy atom. The van der Waals surface area contributed by atoms with Gasteiger partial charge in [-0.15, -0.1) is 5.10 Å². The van der Waals surface area contributed by atoms with E-state index in [2.05, 4.69) is 55.0 Å². The smallest absolute Gasteiger partial charge is 0.249 e. The summed E-state index contributed by atoms with van der Waals surface area (Å²) >= 11 is 0. The van der Waals surface area contributed by atoms with Gasteiger partial charge < -0.3 is 20.3 Å². The molecule has 2 N–H and O–H groups in total. The summed E-state index contributed by atoms with van der Waals surface area (Å²) in [4.78, 5) is 6.92. The van der Waals surface area contributed by atoms with E-state index in [-0.39, 0.29) is 0 Å². The van der Waals surface area contributed by atoms with Crippen LogP contribution in [0.3, 0.4) is 0 Å². The van der Waals surface area contributed by atoms with Crippen LogP contribution in [0.1, 0.15) is 19.3 Å². The number of piperidine rings is 1. The third-order valence-electron chi connectivity index (χ3n) is 4.77. The summed E-state index contributed by atoms with van der Waals surface area (Å²) in [5.74, 6) is 1.87. The molecule has 1 saturated heterocycles. The quantitative estimate of drug-likeness (QED) is 0.662. The number of nitrogens with zero attached hydrogens (tertiary/aromatic N) is 4. The summed E-state index contributed by atoms with van der Waals surface area (Å²) in [6.45, 7) is 2.28. The molecule has 7 nitrogen and oxygen atoms in total. The van der Waals surface area contributed by atoms with Crippen molar-refractivity contribution in [2.75, 3.05) is 35.7 Å². The maximum atomic E-state index is 5.17. The molecule has 1 aromatic heterocycles. The summed E-state index contributed by atoms with van der Waals surface area (Å²) in [7, 11) is 1.64. The van der Waals surface area contributed by atoms with Crippen LogP contribution in [0.4, 0.5) is 28.8 Å². The third-order valence-corrected chi connectivity index (χ3v) is 4.77. The van der Waals surface area contributed by atoms with Crippen LogP contribution in [0.15, 0.2) is 54.7 Å². The zero-order valence-corrected chi connectivity index (χ0v) is 15.9. The molecule has 0 unspecified atom stereocenters. The highest BCUT2D eigenvalue weighted by molar-refractivity contribution is 5.62. The molecule has 1 aliphatic rings. The number of nitrogens with one attached hydrogen (secondary N) is 2. The first-order valence-corrected chi connectivity index (χ1v) is 9.53. The number of methoxy groups -OCH3 is 1. The van der Waals surface area contributed by atoms with Crippen molar-refractivity contribution in [3.63, 3.8) is 0 Å². The molecule has 0 saturated carbocycles. The zero-order valence-electron chi connectivity index (χ0n) is 15.9. The van der Waals surface area contributed by atoms with Crippen molar-refractivity contribution in [3.8, 4) is 5.75 Å². The van der Waals surface area contributed by atoms with E-state index in [4.69, 9.17) is 4.74 Å². The Kier molecular flexibility index (Phi) is 5.51. The maximum Gasteiger partial charge on any atom is 0.249 e. The van der Waals surface area contributed by atoms with E-state index < -0.39 is 0 Å². The molecular weight excluding hydrogens is 352 g/mol. The minimum absolute atomic E-state index is 0.431. The van der Waals surface area contributed by atoms with Gasteiger partial charge in [0.25, 0.3) is 0 Å². The highest BCUT2D eigenvalue weighted by atomic mass is 16.5. The number of benzene rings is 2. The van der Waals surface area contributed by atoms with Crippen molar-refractivity contribution in [1.82, 2.24) is 15.2 Å². The number of rotatable bonds is 6. The van der Waals surface area contributed by atoms with Gasteiger partial charge >= 0.3 is 0 Å². The second-order valence-corrected chi connectivity index (χ2v) is 6.74. The van der Waals surface area contributed by atoms with E-state index in [1.54, 1.807) is 13.3 Å². The van der Waals surface area contributed by atoms with Crippen LogP contribution in [0, 0.1) is 0 Å². The second-order valence-electron chi connectivity index (χ2n) is 6.74. The molecule has 0 amide bonds. The van der Waals surface area contributed by atoms with Crippen molar-refractivity contribution in [2.24, 2.45) is 0 Å². The average molecular weight is 376 g/mol. The van der Waals surface area contributed by atoms with E-state index in [0.29, 0.717) is 11.8 Å². The second kappa shape index (κ2) is 8.56. The van der Waals surface area contributed by atoms with Crippen LogP contribution in [0.2, 0.25) is 0 Å². The molecule has 7 heteroatoms. The Morgan fingerprint density at radius 2 is 1.54 bits per heavy atom. The lowest BCUT2D eigenvalue weighted by molar-refractivity contribution is 0.415. The van der Waals surface area contributed by atoms with Crippen molar-refractivity contribution in [1.29, 1.82) is 0 Å². The minimum Gasteiger partial charge on any atom is -0.497 e. The molecule has 0 spiro atoms. The number of aromatic nitrogens is 3. The third kappa shape index (κ3) is 4.49. The highest BCUT2D eigenvalue weighted by Gasteiger charge is 2.10. The monoisotopic (exact) mass is 376 g/mol. The van der Waals surface area contributed by atoms with Gasteiger partial charge in [0, 0.05) is 30.2 Å². The Hall–Kier alpha value is -3.35. The van der Waals surface area contributed by atoms with Gasteiger partial charge in [0.1, 0.15) is 5.75 Å². The van der Waals surface area contributed by atoms with Crippen LogP contribution in [-0.4, -0.2) is 35.4 Å². The summed E-state index contributed by atoms with van der Waals surface area (Å²) < 4.78 is 5.17. The van der Waals surface area contributed by atoms with E-state index in [9.17, 15) is 0 Å². The van der Waals surface area contributed by atoms with Crippen LogP contribution in [0.25, 0.3) is 0 Å².